The fourth-order valence-electron chi connectivity index (χ4n) is 8.80. The largest absolute Gasteiger partial charge is 0.309 e. The molecule has 0 amide bonds. The zero-order valence-electron chi connectivity index (χ0n) is 26.2. The summed E-state index contributed by atoms with van der Waals surface area (Å²) in [5, 5.41) is 5.10. The van der Waals surface area contributed by atoms with Gasteiger partial charge in [0.2, 0.25) is 6.71 Å². The van der Waals surface area contributed by atoms with Gasteiger partial charge in [-0.2, -0.15) is 0 Å². The van der Waals surface area contributed by atoms with Crippen LogP contribution in [-0.2, 0) is 0 Å². The summed E-state index contributed by atoms with van der Waals surface area (Å²) in [5.41, 5.74) is 14.7. The molecule has 5 heterocycles. The van der Waals surface area contributed by atoms with Gasteiger partial charge in [-0.1, -0.05) is 108 Å². The van der Waals surface area contributed by atoms with Crippen LogP contribution in [0.1, 0.15) is 0 Å². The number of rotatable bonds is 2. The van der Waals surface area contributed by atoms with Crippen LogP contribution < -0.4 is 16.4 Å². The maximum atomic E-state index is 4.91. The van der Waals surface area contributed by atoms with Gasteiger partial charge >= 0.3 is 0 Å². The summed E-state index contributed by atoms with van der Waals surface area (Å²) in [4.78, 5) is 7.50. The molecule has 0 atom stereocenters. The van der Waals surface area contributed by atoms with E-state index in [0.717, 1.165) is 5.52 Å². The van der Waals surface area contributed by atoms with Crippen molar-refractivity contribution >= 4 is 89.5 Å². The summed E-state index contributed by atoms with van der Waals surface area (Å²) in [5.74, 6) is 0. The number of fused-ring (bicyclic) bond motifs is 10. The number of benzene rings is 7. The van der Waals surface area contributed by atoms with Crippen LogP contribution in [0.5, 0.6) is 0 Å². The Labute approximate surface area is 285 Å². The minimum Gasteiger partial charge on any atom is -0.309 e. The lowest BCUT2D eigenvalue weighted by molar-refractivity contribution is 1.07. The van der Waals surface area contributed by atoms with Crippen molar-refractivity contribution in [2.24, 2.45) is 0 Å². The first-order valence-electron chi connectivity index (χ1n) is 16.7. The van der Waals surface area contributed by atoms with Crippen LogP contribution in [0.15, 0.2) is 162 Å². The minimum atomic E-state index is 0.119. The van der Waals surface area contributed by atoms with E-state index in [0.29, 0.717) is 0 Å². The number of hydrogen-bond acceptors (Lipinski definition) is 2. The van der Waals surface area contributed by atoms with E-state index < -0.39 is 0 Å². The Balaban J connectivity index is 1.15. The van der Waals surface area contributed by atoms with Crippen LogP contribution in [-0.4, -0.2) is 25.4 Å². The summed E-state index contributed by atoms with van der Waals surface area (Å²) in [6, 6.07) is 53.6. The molecule has 0 fully saturated rings. The molecule has 2 aliphatic rings. The van der Waals surface area contributed by atoms with Crippen LogP contribution in [0, 0.1) is 0 Å². The van der Waals surface area contributed by atoms with Gasteiger partial charge < -0.3 is 9.13 Å². The fourth-order valence-corrected chi connectivity index (χ4v) is 10.0. The molecule has 0 N–H and O–H groups in total. The molecule has 4 nitrogen and oxygen atoms in total. The quantitative estimate of drug-likeness (QED) is 0.177. The van der Waals surface area contributed by atoms with E-state index in [1.54, 1.807) is 0 Å². The molecule has 0 aliphatic carbocycles. The van der Waals surface area contributed by atoms with Crippen LogP contribution in [0.4, 0.5) is 0 Å². The SMILES string of the molecule is c1cc2c3c(c1)ncn3-c1cc(-n3c4ccccc4c4ccccc43)cc3c1B2c1ccc(-n2c4ccccc4c4ccccc42)cc1S3. The molecule has 0 saturated heterocycles. The van der Waals surface area contributed by atoms with Gasteiger partial charge in [0.15, 0.2) is 0 Å². The van der Waals surface area contributed by atoms with Crippen molar-refractivity contribution in [2.45, 2.75) is 9.79 Å². The third-order valence-corrected chi connectivity index (χ3v) is 11.9. The van der Waals surface area contributed by atoms with Crippen molar-refractivity contribution in [1.82, 2.24) is 18.7 Å². The molecule has 226 valence electrons. The van der Waals surface area contributed by atoms with Gasteiger partial charge in [-0.25, -0.2) is 4.98 Å². The third kappa shape index (κ3) is 3.34. The van der Waals surface area contributed by atoms with Gasteiger partial charge in [-0.05, 0) is 65.5 Å². The number of imidazole rings is 1. The van der Waals surface area contributed by atoms with E-state index in [1.165, 1.54) is 92.4 Å². The average molecular weight is 641 g/mol. The highest BCUT2D eigenvalue weighted by Gasteiger charge is 2.39. The van der Waals surface area contributed by atoms with E-state index >= 15 is 0 Å². The van der Waals surface area contributed by atoms with E-state index in [9.17, 15) is 0 Å². The summed E-state index contributed by atoms with van der Waals surface area (Å²) in [6.07, 6.45) is 2.02. The first kappa shape index (κ1) is 26.0. The highest BCUT2D eigenvalue weighted by atomic mass is 32.2. The Morgan fingerprint density at radius 3 is 1.69 bits per heavy atom. The summed E-state index contributed by atoms with van der Waals surface area (Å²) in [7, 11) is 0. The standard InChI is InChI=1S/C43H25BN4S/c1-5-16-35-28(10-1)29-11-2-6-17-36(29)47(35)26-20-21-32-40(23-26)49-41-24-27(48-37-18-7-3-12-30(37)31-13-4-8-19-38(31)48)22-39-42(41)44(32)33-14-9-15-34-43(33)46(39)25-45-34/h1-25H. The van der Waals surface area contributed by atoms with E-state index in [4.69, 9.17) is 4.98 Å². The van der Waals surface area contributed by atoms with Gasteiger partial charge in [-0.15, -0.1) is 0 Å². The maximum absolute atomic E-state index is 4.91. The molecule has 0 radical (unpaired) electrons. The average Bonchev–Trinajstić information content (AvgIpc) is 3.84. The number of hydrogen-bond donors (Lipinski definition) is 0. The highest BCUT2D eigenvalue weighted by molar-refractivity contribution is 8.00. The second kappa shape index (κ2) is 9.34. The molecule has 12 rings (SSSR count). The molecule has 0 unspecified atom stereocenters. The molecule has 2 aliphatic heterocycles. The zero-order chi connectivity index (χ0) is 31.8. The molecule has 49 heavy (non-hydrogen) atoms. The fraction of sp³-hybridized carbons (Fsp3) is 0. The normalized spacial score (nSPS) is 13.2. The minimum absolute atomic E-state index is 0.119. The molecular weight excluding hydrogens is 615 g/mol. The molecular formula is C43H25BN4S. The van der Waals surface area contributed by atoms with Crippen molar-refractivity contribution in [2.75, 3.05) is 0 Å². The Kier molecular flexibility index (Phi) is 4.96. The monoisotopic (exact) mass is 640 g/mol. The molecule has 7 aromatic carbocycles. The predicted molar refractivity (Wildman–Crippen MR) is 205 cm³/mol. The summed E-state index contributed by atoms with van der Waals surface area (Å²) in [6.45, 7) is 0.119. The van der Waals surface area contributed by atoms with E-state index in [1.807, 2.05) is 18.1 Å². The zero-order valence-corrected chi connectivity index (χ0v) is 27.0. The summed E-state index contributed by atoms with van der Waals surface area (Å²) >= 11 is 1.90. The van der Waals surface area contributed by atoms with Gasteiger partial charge in [-0.3, -0.25) is 4.57 Å². The second-order valence-electron chi connectivity index (χ2n) is 13.2. The van der Waals surface area contributed by atoms with Crippen LogP contribution in [0.3, 0.4) is 0 Å². The summed E-state index contributed by atoms with van der Waals surface area (Å²) < 4.78 is 7.20. The first-order valence-corrected chi connectivity index (χ1v) is 17.6. The number of aromatic nitrogens is 4. The van der Waals surface area contributed by atoms with Gasteiger partial charge in [0.25, 0.3) is 0 Å². The van der Waals surface area contributed by atoms with Crippen molar-refractivity contribution in [3.05, 3.63) is 152 Å². The van der Waals surface area contributed by atoms with Crippen molar-refractivity contribution in [1.29, 1.82) is 0 Å². The first-order chi connectivity index (χ1) is 24.3. The third-order valence-electron chi connectivity index (χ3n) is 10.8. The van der Waals surface area contributed by atoms with Gasteiger partial charge in [0, 0.05) is 48.4 Å². The van der Waals surface area contributed by atoms with Gasteiger partial charge in [0.05, 0.1) is 33.1 Å². The lowest BCUT2D eigenvalue weighted by atomic mass is 9.35. The molecule has 0 saturated carbocycles. The lowest BCUT2D eigenvalue weighted by Crippen LogP contribution is -2.58. The van der Waals surface area contributed by atoms with Gasteiger partial charge in [0.1, 0.15) is 6.33 Å². The number of nitrogens with zero attached hydrogens (tertiary/aromatic N) is 4. The molecule has 3 aromatic heterocycles. The molecule has 0 spiro atoms. The topological polar surface area (TPSA) is 27.7 Å². The Morgan fingerprint density at radius 1 is 0.490 bits per heavy atom. The van der Waals surface area contributed by atoms with Crippen LogP contribution in [0.2, 0.25) is 0 Å². The van der Waals surface area contributed by atoms with Crippen LogP contribution >= 0.6 is 11.8 Å². The van der Waals surface area contributed by atoms with Crippen molar-refractivity contribution in [3.63, 3.8) is 0 Å². The maximum Gasteiger partial charge on any atom is 0.249 e. The lowest BCUT2D eigenvalue weighted by Gasteiger charge is -2.33. The molecule has 0 bridgehead atoms. The van der Waals surface area contributed by atoms with Crippen LogP contribution in [0.25, 0.3) is 71.7 Å². The smallest absolute Gasteiger partial charge is 0.249 e. The molecule has 10 aromatic rings. The Bertz CT molecular complexity index is 2950. The van der Waals surface area contributed by atoms with E-state index in [-0.39, 0.29) is 6.71 Å². The Morgan fingerprint density at radius 2 is 1.06 bits per heavy atom. The van der Waals surface area contributed by atoms with Crippen molar-refractivity contribution < 1.29 is 0 Å². The predicted octanol–water partition coefficient (Wildman–Crippen LogP) is 8.51. The van der Waals surface area contributed by atoms with E-state index in [2.05, 4.69) is 159 Å². The number of para-hydroxylation sites is 5. The highest BCUT2D eigenvalue weighted by Crippen LogP contribution is 2.40. The Hall–Kier alpha value is -5.98. The second-order valence-corrected chi connectivity index (χ2v) is 14.3. The van der Waals surface area contributed by atoms with Crippen molar-refractivity contribution in [3.8, 4) is 17.1 Å². The molecule has 6 heteroatoms.